The molecule has 0 radical (unpaired) electrons. The summed E-state index contributed by atoms with van der Waals surface area (Å²) in [5, 5.41) is 3.53. The molecule has 0 heterocycles. The number of amides is 2. The Morgan fingerprint density at radius 1 is 1.17 bits per heavy atom. The molecule has 2 aromatic rings. The molecule has 1 unspecified atom stereocenters. The number of aryl methyl sites for hydroxylation is 1. The molecule has 1 atom stereocenters. The lowest BCUT2D eigenvalue weighted by Gasteiger charge is -2.31. The van der Waals surface area contributed by atoms with Crippen molar-refractivity contribution in [2.45, 2.75) is 52.7 Å². The van der Waals surface area contributed by atoms with Crippen LogP contribution in [0.5, 0.6) is 5.75 Å². The van der Waals surface area contributed by atoms with Gasteiger partial charge in [-0.05, 0) is 68.7 Å². The average Bonchev–Trinajstić information content (AvgIpc) is 2.69. The van der Waals surface area contributed by atoms with Crippen molar-refractivity contribution in [2.75, 3.05) is 6.61 Å². The van der Waals surface area contributed by atoms with E-state index in [9.17, 15) is 9.59 Å². The second-order valence-corrected chi connectivity index (χ2v) is 8.73. The quantitative estimate of drug-likeness (QED) is 0.525. The van der Waals surface area contributed by atoms with Crippen LogP contribution in [0.1, 0.15) is 38.3 Å². The third kappa shape index (κ3) is 7.03. The predicted molar refractivity (Wildman–Crippen MR) is 124 cm³/mol. The molecule has 0 spiro atoms. The fourth-order valence-electron chi connectivity index (χ4n) is 3.02. The van der Waals surface area contributed by atoms with E-state index in [1.807, 2.05) is 52.0 Å². The third-order valence-electron chi connectivity index (χ3n) is 4.57. The van der Waals surface area contributed by atoms with E-state index < -0.39 is 6.04 Å². The first-order valence-electron chi connectivity index (χ1n) is 9.94. The van der Waals surface area contributed by atoms with Gasteiger partial charge in [0.15, 0.2) is 6.61 Å². The van der Waals surface area contributed by atoms with E-state index in [1.165, 1.54) is 0 Å². The average molecular weight is 496 g/mol. The van der Waals surface area contributed by atoms with Crippen molar-refractivity contribution in [1.82, 2.24) is 10.2 Å². The molecule has 0 saturated heterocycles. The molecule has 0 aliphatic rings. The van der Waals surface area contributed by atoms with Crippen molar-refractivity contribution in [2.24, 2.45) is 0 Å². The second-order valence-electron chi connectivity index (χ2n) is 7.44. The number of carbonyl (C=O) groups is 2. The lowest BCUT2D eigenvalue weighted by atomic mass is 10.1. The Morgan fingerprint density at radius 2 is 1.83 bits per heavy atom. The van der Waals surface area contributed by atoms with E-state index in [2.05, 4.69) is 21.2 Å². The van der Waals surface area contributed by atoms with E-state index >= 15 is 0 Å². The molecule has 5 nitrogen and oxygen atoms in total. The van der Waals surface area contributed by atoms with Crippen LogP contribution in [0.2, 0.25) is 5.02 Å². The lowest BCUT2D eigenvalue weighted by Crippen LogP contribution is -2.51. The van der Waals surface area contributed by atoms with Crippen LogP contribution in [0, 0.1) is 6.92 Å². The summed E-state index contributed by atoms with van der Waals surface area (Å²) in [4.78, 5) is 27.5. The molecule has 2 aromatic carbocycles. The lowest BCUT2D eigenvalue weighted by molar-refractivity contribution is -0.143. The van der Waals surface area contributed by atoms with Crippen LogP contribution in [0.15, 0.2) is 46.9 Å². The first-order valence-corrected chi connectivity index (χ1v) is 11.1. The number of ether oxygens (including phenoxy) is 1. The molecule has 0 fully saturated rings. The predicted octanol–water partition coefficient (Wildman–Crippen LogP) is 5.12. The molecule has 7 heteroatoms. The zero-order valence-electron chi connectivity index (χ0n) is 17.7. The molecule has 30 heavy (non-hydrogen) atoms. The number of hydrogen-bond donors (Lipinski definition) is 1. The topological polar surface area (TPSA) is 58.6 Å². The number of benzene rings is 2. The molecule has 2 rings (SSSR count). The highest BCUT2D eigenvalue weighted by Crippen LogP contribution is 2.22. The minimum Gasteiger partial charge on any atom is -0.484 e. The summed E-state index contributed by atoms with van der Waals surface area (Å²) in [6.07, 6.45) is 0.495. The van der Waals surface area contributed by atoms with Crippen molar-refractivity contribution < 1.29 is 14.3 Å². The van der Waals surface area contributed by atoms with Crippen LogP contribution in [0.3, 0.4) is 0 Å². The van der Waals surface area contributed by atoms with E-state index in [1.54, 1.807) is 23.1 Å². The molecular formula is C23H28BrClN2O3. The largest absolute Gasteiger partial charge is 0.484 e. The minimum atomic E-state index is -0.592. The van der Waals surface area contributed by atoms with Gasteiger partial charge >= 0.3 is 0 Å². The molecule has 1 N–H and O–H groups in total. The zero-order valence-corrected chi connectivity index (χ0v) is 20.1. The SMILES string of the molecule is CCC(C(=O)NC(C)C)N(Cc1ccc(Cl)cc1)C(=O)COc1ccc(Br)c(C)c1. The maximum absolute atomic E-state index is 13.1. The molecule has 0 aromatic heterocycles. The highest BCUT2D eigenvalue weighted by Gasteiger charge is 2.29. The summed E-state index contributed by atoms with van der Waals surface area (Å²) < 4.78 is 6.71. The van der Waals surface area contributed by atoms with Gasteiger partial charge in [0.05, 0.1) is 0 Å². The van der Waals surface area contributed by atoms with Gasteiger partial charge in [-0.15, -0.1) is 0 Å². The fourth-order valence-corrected chi connectivity index (χ4v) is 3.39. The summed E-state index contributed by atoms with van der Waals surface area (Å²) in [5.41, 5.74) is 1.91. The van der Waals surface area contributed by atoms with Gasteiger partial charge in [-0.25, -0.2) is 0 Å². The first-order chi connectivity index (χ1) is 14.2. The number of rotatable bonds is 9. The monoisotopic (exact) mass is 494 g/mol. The van der Waals surface area contributed by atoms with Gasteiger partial charge in [-0.2, -0.15) is 0 Å². The highest BCUT2D eigenvalue weighted by atomic mass is 79.9. The maximum Gasteiger partial charge on any atom is 0.261 e. The van der Waals surface area contributed by atoms with Gasteiger partial charge in [0.25, 0.3) is 5.91 Å². The van der Waals surface area contributed by atoms with Crippen LogP contribution in [0.25, 0.3) is 0 Å². The van der Waals surface area contributed by atoms with Gasteiger partial charge in [0, 0.05) is 22.1 Å². The first kappa shape index (κ1) is 24.2. The Bertz CT molecular complexity index is 871. The fraction of sp³-hybridized carbons (Fsp3) is 0.391. The standard InChI is InChI=1S/C23H28BrClN2O3/c1-5-21(23(29)26-15(2)3)27(13-17-6-8-18(25)9-7-17)22(28)14-30-19-10-11-20(24)16(4)12-19/h6-12,15,21H,5,13-14H2,1-4H3,(H,26,29). The summed E-state index contributed by atoms with van der Waals surface area (Å²) in [6.45, 7) is 7.79. The Morgan fingerprint density at radius 3 is 2.40 bits per heavy atom. The second kappa shape index (κ2) is 11.4. The zero-order chi connectivity index (χ0) is 22.3. The Labute approximate surface area is 191 Å². The molecule has 0 aliphatic heterocycles. The summed E-state index contributed by atoms with van der Waals surface area (Å²) in [7, 11) is 0. The Hall–Kier alpha value is -2.05. The van der Waals surface area contributed by atoms with Crippen LogP contribution < -0.4 is 10.1 Å². The van der Waals surface area contributed by atoms with Gasteiger partial charge in [-0.1, -0.05) is 46.6 Å². The highest BCUT2D eigenvalue weighted by molar-refractivity contribution is 9.10. The van der Waals surface area contributed by atoms with E-state index in [4.69, 9.17) is 16.3 Å². The molecule has 162 valence electrons. The van der Waals surface area contributed by atoms with Crippen molar-refractivity contribution >= 4 is 39.3 Å². The van der Waals surface area contributed by atoms with Crippen LogP contribution >= 0.6 is 27.5 Å². The molecule has 2 amide bonds. The van der Waals surface area contributed by atoms with Crippen LogP contribution in [-0.2, 0) is 16.1 Å². The van der Waals surface area contributed by atoms with E-state index in [-0.39, 0.29) is 24.5 Å². The van der Waals surface area contributed by atoms with Crippen molar-refractivity contribution in [3.63, 3.8) is 0 Å². The molecular weight excluding hydrogens is 468 g/mol. The summed E-state index contributed by atoms with van der Waals surface area (Å²) in [5.74, 6) is 0.181. The van der Waals surface area contributed by atoms with Gasteiger partial charge in [-0.3, -0.25) is 9.59 Å². The summed E-state index contributed by atoms with van der Waals surface area (Å²) in [6, 6.07) is 12.2. The summed E-state index contributed by atoms with van der Waals surface area (Å²) >= 11 is 9.44. The number of halogens is 2. The number of hydrogen-bond acceptors (Lipinski definition) is 3. The van der Waals surface area contributed by atoms with Crippen molar-refractivity contribution in [1.29, 1.82) is 0 Å². The molecule has 0 saturated carbocycles. The number of nitrogens with one attached hydrogen (secondary N) is 1. The van der Waals surface area contributed by atoms with E-state index in [0.717, 1.165) is 15.6 Å². The van der Waals surface area contributed by atoms with Gasteiger partial charge in [0.1, 0.15) is 11.8 Å². The maximum atomic E-state index is 13.1. The third-order valence-corrected chi connectivity index (χ3v) is 5.72. The Balaban J connectivity index is 2.21. The molecule has 0 bridgehead atoms. The Kier molecular flexibility index (Phi) is 9.18. The number of nitrogens with zero attached hydrogens (tertiary/aromatic N) is 1. The number of carbonyl (C=O) groups excluding carboxylic acids is 2. The normalized spacial score (nSPS) is 11.8. The van der Waals surface area contributed by atoms with Crippen molar-refractivity contribution in [3.8, 4) is 5.75 Å². The van der Waals surface area contributed by atoms with E-state index in [0.29, 0.717) is 23.7 Å². The van der Waals surface area contributed by atoms with Gasteiger partial charge in [0.2, 0.25) is 5.91 Å². The van der Waals surface area contributed by atoms with Crippen molar-refractivity contribution in [3.05, 3.63) is 63.1 Å². The van der Waals surface area contributed by atoms with Gasteiger partial charge < -0.3 is 15.0 Å². The van der Waals surface area contributed by atoms with Crippen LogP contribution in [0.4, 0.5) is 0 Å². The molecule has 0 aliphatic carbocycles. The van der Waals surface area contributed by atoms with Crippen LogP contribution in [-0.4, -0.2) is 35.4 Å². The smallest absolute Gasteiger partial charge is 0.261 e. The minimum absolute atomic E-state index is 0.0129.